The van der Waals surface area contributed by atoms with Gasteiger partial charge in [-0.2, -0.15) is 0 Å². The largest absolute Gasteiger partial charge is 0.439 e. The molecule has 20 nitrogen and oxygen atoms in total. The number of hydrogen-bond donors (Lipinski definition) is 0. The van der Waals surface area contributed by atoms with Gasteiger partial charge in [0.25, 0.3) is 0 Å². The summed E-state index contributed by atoms with van der Waals surface area (Å²) in [7, 11) is 0. The number of carbonyl (C=O) groups is 2. The van der Waals surface area contributed by atoms with Gasteiger partial charge in [0.1, 0.15) is 0 Å². The van der Waals surface area contributed by atoms with Crippen LogP contribution in [-0.4, -0.2) is 85.6 Å². The Morgan fingerprint density at radius 3 is 1.07 bits per heavy atom. The third kappa shape index (κ3) is 9.86. The Bertz CT molecular complexity index is 603. The van der Waals surface area contributed by atoms with Crippen molar-refractivity contribution in [3.63, 3.8) is 0 Å². The van der Waals surface area contributed by atoms with Crippen LogP contribution in [0.15, 0.2) is 0 Å². The van der Waals surface area contributed by atoms with Gasteiger partial charge in [-0.05, 0) is 0 Å². The Labute approximate surface area is 160 Å². The average molecular weight is 428 g/mol. The van der Waals surface area contributed by atoms with Crippen molar-refractivity contribution < 1.29 is 39.2 Å². The second kappa shape index (κ2) is 11.5. The highest BCUT2D eigenvalue weighted by molar-refractivity contribution is 5.66. The minimum absolute atomic E-state index is 0.0287. The molecule has 0 heterocycles. The van der Waals surface area contributed by atoms with Crippen LogP contribution < -0.4 is 0 Å². The van der Waals surface area contributed by atoms with Crippen molar-refractivity contribution in [2.24, 2.45) is 0 Å². The van der Waals surface area contributed by atoms with E-state index in [0.29, 0.717) is 0 Å². The molecule has 0 unspecified atom stereocenters. The Morgan fingerprint density at radius 2 is 0.862 bits per heavy atom. The van der Waals surface area contributed by atoms with Gasteiger partial charge in [-0.15, -0.1) is 0 Å². The Balaban J connectivity index is 5.32. The van der Waals surface area contributed by atoms with Gasteiger partial charge in [0.2, 0.25) is 33.5 Å². The van der Waals surface area contributed by atoms with Gasteiger partial charge >= 0.3 is 11.9 Å². The Hall–Kier alpha value is -4.26. The lowest BCUT2D eigenvalue weighted by molar-refractivity contribution is -0.751. The van der Waals surface area contributed by atoms with Gasteiger partial charge in [0.05, 0.1) is 0 Å². The summed E-state index contributed by atoms with van der Waals surface area (Å²) >= 11 is 0. The minimum atomic E-state index is -1.26. The summed E-state index contributed by atoms with van der Waals surface area (Å²) in [5, 5.41) is 39.3. The zero-order valence-electron chi connectivity index (χ0n) is 15.0. The van der Waals surface area contributed by atoms with Crippen LogP contribution >= 0.6 is 0 Å². The van der Waals surface area contributed by atoms with Crippen LogP contribution in [0, 0.1) is 40.5 Å². The monoisotopic (exact) mass is 428 g/mol. The summed E-state index contributed by atoms with van der Waals surface area (Å²) in [4.78, 5) is 65.5. The van der Waals surface area contributed by atoms with E-state index in [1.54, 1.807) is 0 Å². The highest BCUT2D eigenvalue weighted by Crippen LogP contribution is 2.03. The summed E-state index contributed by atoms with van der Waals surface area (Å²) in [6.45, 7) is -3.77. The predicted molar refractivity (Wildman–Crippen MR) is 83.2 cm³/mol. The van der Waals surface area contributed by atoms with Crippen LogP contribution in [0.5, 0.6) is 0 Å². The van der Waals surface area contributed by atoms with E-state index < -0.39 is 65.5 Å². The van der Waals surface area contributed by atoms with Gasteiger partial charge in [-0.3, -0.25) is 9.59 Å². The smallest absolute Gasteiger partial charge is 0.304 e. The summed E-state index contributed by atoms with van der Waals surface area (Å²) < 4.78 is 8.70. The predicted octanol–water partition coefficient (Wildman–Crippen LogP) is -2.13. The maximum atomic E-state index is 11.1. The van der Waals surface area contributed by atoms with E-state index in [-0.39, 0.29) is 20.0 Å². The summed E-state index contributed by atoms with van der Waals surface area (Å²) in [5.74, 6) is -1.85. The third-order valence-corrected chi connectivity index (χ3v) is 2.74. The Kier molecular flexibility index (Phi) is 9.77. The molecule has 0 saturated carbocycles. The normalized spacial score (nSPS) is 9.72. The van der Waals surface area contributed by atoms with Gasteiger partial charge < -0.3 is 9.47 Å². The lowest BCUT2D eigenvalue weighted by Gasteiger charge is -2.23. The molecule has 0 aliphatic rings. The highest BCUT2D eigenvalue weighted by Gasteiger charge is 2.34. The molecule has 0 atom stereocenters. The first kappa shape index (κ1) is 24.7. The van der Waals surface area contributed by atoms with E-state index in [1.807, 2.05) is 0 Å². The number of nitro groups is 4. The number of hydrazine groups is 4. The molecule has 0 aromatic heterocycles. The van der Waals surface area contributed by atoms with E-state index in [9.17, 15) is 50.0 Å². The van der Waals surface area contributed by atoms with E-state index in [0.717, 1.165) is 13.8 Å². The van der Waals surface area contributed by atoms with E-state index >= 15 is 0 Å². The number of hydrogen-bond acceptors (Lipinski definition) is 12. The minimum Gasteiger partial charge on any atom is -0.439 e. The second-order valence-corrected chi connectivity index (χ2v) is 4.93. The zero-order chi connectivity index (χ0) is 22.7. The molecule has 0 N–H and O–H groups in total. The fourth-order valence-electron chi connectivity index (χ4n) is 1.47. The first-order valence-corrected chi connectivity index (χ1v) is 7.18. The number of carbonyl (C=O) groups excluding carboxylic acids is 2. The standard InChI is InChI=1S/C9H16N8O12/c1-8(18)28-6-12(16(24)25)4-10(14(20)21)3-11(15(22)23)5-13(17(26)27)7-29-9(2)19/h3-7H2,1-2H3. The lowest BCUT2D eigenvalue weighted by Crippen LogP contribution is -2.53. The van der Waals surface area contributed by atoms with Crippen molar-refractivity contribution in [2.75, 3.05) is 33.5 Å². The molecule has 0 aliphatic heterocycles. The first-order valence-electron chi connectivity index (χ1n) is 7.18. The van der Waals surface area contributed by atoms with Crippen molar-refractivity contribution in [1.82, 2.24) is 20.0 Å². The molecule has 0 aromatic carbocycles. The molecule has 0 fully saturated rings. The molecule has 0 saturated heterocycles. The van der Waals surface area contributed by atoms with E-state index in [4.69, 9.17) is 0 Å². The molecule has 20 heteroatoms. The quantitative estimate of drug-likeness (QED) is 0.124. The number of nitrogens with zero attached hydrogens (tertiary/aromatic N) is 8. The van der Waals surface area contributed by atoms with Gasteiger partial charge in [-0.25, -0.2) is 40.5 Å². The lowest BCUT2D eigenvalue weighted by atomic mass is 10.7. The summed E-state index contributed by atoms with van der Waals surface area (Å²) in [5.41, 5.74) is 0. The fourth-order valence-corrected chi connectivity index (χ4v) is 1.47. The van der Waals surface area contributed by atoms with Crippen LogP contribution in [0.1, 0.15) is 13.8 Å². The molecule has 0 bridgehead atoms. The molecular formula is C9H16N8O12. The van der Waals surface area contributed by atoms with E-state index in [2.05, 4.69) is 9.47 Å². The maximum absolute atomic E-state index is 11.1. The molecule has 164 valence electrons. The average Bonchev–Trinajstić information content (AvgIpc) is 2.57. The molecule has 0 radical (unpaired) electrons. The van der Waals surface area contributed by atoms with Crippen molar-refractivity contribution in [3.05, 3.63) is 40.5 Å². The number of ether oxygens (including phenoxy) is 2. The maximum Gasteiger partial charge on any atom is 0.304 e. The van der Waals surface area contributed by atoms with Crippen molar-refractivity contribution in [1.29, 1.82) is 0 Å². The molecule has 0 aliphatic carbocycles. The van der Waals surface area contributed by atoms with Crippen molar-refractivity contribution in [2.45, 2.75) is 13.8 Å². The second-order valence-electron chi connectivity index (χ2n) is 4.93. The third-order valence-electron chi connectivity index (χ3n) is 2.74. The van der Waals surface area contributed by atoms with Gasteiger partial charge in [0, 0.05) is 13.8 Å². The summed E-state index contributed by atoms with van der Waals surface area (Å²) in [6, 6.07) is 0. The Morgan fingerprint density at radius 1 is 0.621 bits per heavy atom. The molecule has 0 rings (SSSR count). The highest BCUT2D eigenvalue weighted by atomic mass is 16.7. The van der Waals surface area contributed by atoms with Crippen LogP contribution in [0.3, 0.4) is 0 Å². The summed E-state index contributed by atoms with van der Waals surface area (Å²) in [6.07, 6.45) is 0. The molecular weight excluding hydrogens is 412 g/mol. The molecule has 0 aromatic rings. The van der Waals surface area contributed by atoms with Crippen LogP contribution in [0.25, 0.3) is 0 Å². The van der Waals surface area contributed by atoms with Crippen LogP contribution in [-0.2, 0) is 19.1 Å². The molecule has 0 spiro atoms. The van der Waals surface area contributed by atoms with Crippen LogP contribution in [0.4, 0.5) is 0 Å². The van der Waals surface area contributed by atoms with Gasteiger partial charge in [0.15, 0.2) is 20.1 Å². The van der Waals surface area contributed by atoms with Gasteiger partial charge in [-0.1, -0.05) is 20.0 Å². The van der Waals surface area contributed by atoms with Crippen molar-refractivity contribution >= 4 is 11.9 Å². The van der Waals surface area contributed by atoms with E-state index in [1.165, 1.54) is 0 Å². The topological polar surface area (TPSA) is 238 Å². The number of rotatable bonds is 14. The number of esters is 2. The van der Waals surface area contributed by atoms with Crippen molar-refractivity contribution in [3.8, 4) is 0 Å². The first-order chi connectivity index (χ1) is 13.3. The molecule has 29 heavy (non-hydrogen) atoms. The van der Waals surface area contributed by atoms with Crippen LogP contribution in [0.2, 0.25) is 0 Å². The fraction of sp³-hybridized carbons (Fsp3) is 0.778. The zero-order valence-corrected chi connectivity index (χ0v) is 15.0. The SMILES string of the molecule is CC(=O)OCN(CN(CN(CN(COC(C)=O)[N+](=O)[O-])[N+](=O)[O-])[N+](=O)[O-])[N+](=O)[O-]. The molecule has 0 amide bonds.